The van der Waals surface area contributed by atoms with E-state index in [9.17, 15) is 9.90 Å². The lowest BCUT2D eigenvalue weighted by Gasteiger charge is -2.30. The van der Waals surface area contributed by atoms with Crippen LogP contribution in [0.25, 0.3) is 0 Å². The topological polar surface area (TPSA) is 46.5 Å². The first kappa shape index (κ1) is 17.0. The van der Waals surface area contributed by atoms with Gasteiger partial charge in [0.05, 0.1) is 6.10 Å². The Bertz CT molecular complexity index is 382. The molecule has 0 aromatic rings. The van der Waals surface area contributed by atoms with Gasteiger partial charge in [-0.25, -0.2) is 0 Å². The zero-order chi connectivity index (χ0) is 15.1. The summed E-state index contributed by atoms with van der Waals surface area (Å²) in [6.45, 7) is 8.10. The summed E-state index contributed by atoms with van der Waals surface area (Å²) in [5.74, 6) is 0.645. The second kappa shape index (κ2) is 8.25. The van der Waals surface area contributed by atoms with Crippen molar-refractivity contribution in [1.29, 1.82) is 0 Å². The molecule has 0 bridgehead atoms. The van der Waals surface area contributed by atoms with Crippen LogP contribution < -0.4 is 0 Å². The van der Waals surface area contributed by atoms with Gasteiger partial charge in [-0.1, -0.05) is 24.6 Å². The van der Waals surface area contributed by atoms with Gasteiger partial charge in [-0.05, 0) is 56.9 Å². The lowest BCUT2D eigenvalue weighted by Crippen LogP contribution is -2.28. The van der Waals surface area contributed by atoms with Crippen molar-refractivity contribution in [3.8, 4) is 0 Å². The van der Waals surface area contributed by atoms with E-state index in [1.807, 2.05) is 13.0 Å². The second-order valence-corrected chi connectivity index (χ2v) is 6.09. The highest BCUT2D eigenvalue weighted by atomic mass is 16.5. The minimum absolute atomic E-state index is 0.237. The molecule has 20 heavy (non-hydrogen) atoms. The van der Waals surface area contributed by atoms with Crippen molar-refractivity contribution < 1.29 is 14.6 Å². The van der Waals surface area contributed by atoms with Gasteiger partial charge in [0.25, 0.3) is 0 Å². The van der Waals surface area contributed by atoms with Gasteiger partial charge in [0.2, 0.25) is 0 Å². The molecule has 1 aliphatic carbocycles. The Labute approximate surface area is 122 Å². The number of esters is 1. The first-order valence-corrected chi connectivity index (χ1v) is 7.54. The number of hydrogen-bond acceptors (Lipinski definition) is 3. The molecule has 0 saturated carbocycles. The third-order valence-corrected chi connectivity index (χ3v) is 4.11. The van der Waals surface area contributed by atoms with E-state index in [-0.39, 0.29) is 12.1 Å². The molecule has 3 atom stereocenters. The fraction of sp³-hybridized carbons (Fsp3) is 0.706. The van der Waals surface area contributed by atoms with Gasteiger partial charge in [0.1, 0.15) is 6.61 Å². The van der Waals surface area contributed by atoms with Crippen molar-refractivity contribution in [1.82, 2.24) is 0 Å². The number of aliphatic hydroxyl groups excluding tert-OH is 1. The Kier molecular flexibility index (Phi) is 7.00. The van der Waals surface area contributed by atoms with Crippen molar-refractivity contribution in [2.45, 2.75) is 59.5 Å². The summed E-state index contributed by atoms with van der Waals surface area (Å²) < 4.78 is 4.95. The van der Waals surface area contributed by atoms with Gasteiger partial charge >= 0.3 is 5.97 Å². The minimum Gasteiger partial charge on any atom is -0.461 e. The Hall–Kier alpha value is -1.09. The Balaban J connectivity index is 2.34. The number of rotatable bonds is 6. The lowest BCUT2D eigenvalue weighted by atomic mass is 9.78. The van der Waals surface area contributed by atoms with Crippen LogP contribution in [0, 0.1) is 11.8 Å². The fourth-order valence-corrected chi connectivity index (χ4v) is 2.77. The Morgan fingerprint density at radius 2 is 2.25 bits per heavy atom. The third kappa shape index (κ3) is 5.91. The molecule has 0 amide bonds. The van der Waals surface area contributed by atoms with E-state index in [0.29, 0.717) is 18.4 Å². The van der Waals surface area contributed by atoms with Crippen LogP contribution in [0.15, 0.2) is 23.3 Å². The maximum Gasteiger partial charge on any atom is 0.302 e. The van der Waals surface area contributed by atoms with Crippen LogP contribution >= 0.6 is 0 Å². The average molecular weight is 280 g/mol. The van der Waals surface area contributed by atoms with Crippen molar-refractivity contribution in [2.24, 2.45) is 11.8 Å². The molecule has 0 heterocycles. The monoisotopic (exact) mass is 280 g/mol. The van der Waals surface area contributed by atoms with Crippen LogP contribution in [-0.2, 0) is 9.53 Å². The van der Waals surface area contributed by atoms with E-state index in [1.165, 1.54) is 12.5 Å². The molecular weight excluding hydrogens is 252 g/mol. The summed E-state index contributed by atoms with van der Waals surface area (Å²) in [6.07, 6.45) is 8.08. The van der Waals surface area contributed by atoms with Crippen LogP contribution in [0.1, 0.15) is 53.4 Å². The maximum atomic E-state index is 10.7. The van der Waals surface area contributed by atoms with E-state index < -0.39 is 0 Å². The maximum absolute atomic E-state index is 10.7. The second-order valence-electron chi connectivity index (χ2n) is 6.09. The molecule has 1 rings (SSSR count). The predicted octanol–water partition coefficient (Wildman–Crippen LogP) is 3.63. The van der Waals surface area contributed by atoms with Crippen molar-refractivity contribution >= 4 is 5.97 Å². The van der Waals surface area contributed by atoms with Gasteiger partial charge in [0.15, 0.2) is 0 Å². The van der Waals surface area contributed by atoms with Crippen LogP contribution in [0.4, 0.5) is 0 Å². The summed E-state index contributed by atoms with van der Waals surface area (Å²) in [5.41, 5.74) is 2.39. The summed E-state index contributed by atoms with van der Waals surface area (Å²) in [7, 11) is 0. The van der Waals surface area contributed by atoms with Gasteiger partial charge in [-0.15, -0.1) is 0 Å². The lowest BCUT2D eigenvalue weighted by molar-refractivity contribution is -0.139. The molecule has 3 nitrogen and oxygen atoms in total. The first-order chi connectivity index (χ1) is 9.40. The smallest absolute Gasteiger partial charge is 0.302 e. The molecule has 0 aromatic heterocycles. The quantitative estimate of drug-likeness (QED) is 0.597. The molecule has 0 aliphatic heterocycles. The number of carbonyl (C=O) groups excluding carboxylic acids is 1. The number of ether oxygens (including phenoxy) is 1. The normalized spacial score (nSPS) is 25.1. The summed E-state index contributed by atoms with van der Waals surface area (Å²) in [5, 5.41) is 10.1. The molecule has 0 saturated heterocycles. The van der Waals surface area contributed by atoms with Crippen LogP contribution in [0.3, 0.4) is 0 Å². The largest absolute Gasteiger partial charge is 0.461 e. The molecule has 1 aliphatic rings. The van der Waals surface area contributed by atoms with E-state index >= 15 is 0 Å². The molecule has 0 fully saturated rings. The van der Waals surface area contributed by atoms with Gasteiger partial charge in [-0.2, -0.15) is 0 Å². The fourth-order valence-electron chi connectivity index (χ4n) is 2.77. The number of allylic oxidation sites excluding steroid dienone is 2. The van der Waals surface area contributed by atoms with E-state index in [2.05, 4.69) is 19.9 Å². The zero-order valence-corrected chi connectivity index (χ0v) is 13.2. The SMILES string of the molecule is CC(=O)OC/C(C)=C/CC[C@@H](C)[C@@H]1CCC(C)=C[C@@H]1O. The highest BCUT2D eigenvalue weighted by Gasteiger charge is 2.26. The first-order valence-electron chi connectivity index (χ1n) is 7.54. The van der Waals surface area contributed by atoms with Crippen LogP contribution in [-0.4, -0.2) is 23.8 Å². The van der Waals surface area contributed by atoms with Crippen LogP contribution in [0.5, 0.6) is 0 Å². The molecule has 114 valence electrons. The molecular formula is C17H28O3. The molecule has 1 N–H and O–H groups in total. The van der Waals surface area contributed by atoms with Crippen molar-refractivity contribution in [3.05, 3.63) is 23.3 Å². The highest BCUT2D eigenvalue weighted by molar-refractivity contribution is 5.66. The van der Waals surface area contributed by atoms with E-state index in [4.69, 9.17) is 4.74 Å². The van der Waals surface area contributed by atoms with Gasteiger partial charge in [-0.3, -0.25) is 4.79 Å². The number of hydrogen-bond donors (Lipinski definition) is 1. The van der Waals surface area contributed by atoms with E-state index in [0.717, 1.165) is 31.3 Å². The highest BCUT2D eigenvalue weighted by Crippen LogP contribution is 2.31. The molecule has 0 aromatic carbocycles. The molecule has 0 spiro atoms. The minimum atomic E-state index is -0.287. The summed E-state index contributed by atoms with van der Waals surface area (Å²) >= 11 is 0. The van der Waals surface area contributed by atoms with E-state index in [1.54, 1.807) is 0 Å². The van der Waals surface area contributed by atoms with Crippen molar-refractivity contribution in [3.63, 3.8) is 0 Å². The summed E-state index contributed by atoms with van der Waals surface area (Å²) in [6, 6.07) is 0. The standard InChI is InChI=1S/C17H28O3/c1-12-8-9-16(17(19)10-12)14(3)7-5-6-13(2)11-20-15(4)18/h6,10,14,16-17,19H,5,7-9,11H2,1-4H3/b13-6+/t14-,16+,17+/m1/s1. The summed E-state index contributed by atoms with van der Waals surface area (Å²) in [4.78, 5) is 10.7. The Morgan fingerprint density at radius 3 is 2.85 bits per heavy atom. The van der Waals surface area contributed by atoms with Crippen LogP contribution in [0.2, 0.25) is 0 Å². The van der Waals surface area contributed by atoms with Gasteiger partial charge in [0, 0.05) is 6.92 Å². The molecule has 3 heteroatoms. The van der Waals surface area contributed by atoms with Crippen molar-refractivity contribution in [2.75, 3.05) is 6.61 Å². The molecule has 0 unspecified atom stereocenters. The predicted molar refractivity (Wildman–Crippen MR) is 81.3 cm³/mol. The average Bonchev–Trinajstić information content (AvgIpc) is 2.36. The van der Waals surface area contributed by atoms with Gasteiger partial charge < -0.3 is 9.84 Å². The third-order valence-electron chi connectivity index (χ3n) is 4.11. The number of carbonyl (C=O) groups is 1. The zero-order valence-electron chi connectivity index (χ0n) is 13.2. The molecule has 0 radical (unpaired) electrons. The number of aliphatic hydroxyl groups is 1. The Morgan fingerprint density at radius 1 is 1.55 bits per heavy atom.